The lowest BCUT2D eigenvalue weighted by Gasteiger charge is -2.15. The molecule has 142 valence electrons. The summed E-state index contributed by atoms with van der Waals surface area (Å²) >= 11 is 6.13. The van der Waals surface area contributed by atoms with Crippen molar-refractivity contribution in [2.75, 3.05) is 19.0 Å². The van der Waals surface area contributed by atoms with Crippen LogP contribution in [0.5, 0.6) is 6.01 Å². The summed E-state index contributed by atoms with van der Waals surface area (Å²) in [6.07, 6.45) is 1.99. The highest BCUT2D eigenvalue weighted by Crippen LogP contribution is 2.28. The van der Waals surface area contributed by atoms with E-state index < -0.39 is 0 Å². The minimum absolute atomic E-state index is 0.273. The van der Waals surface area contributed by atoms with Gasteiger partial charge in [0.25, 0.3) is 0 Å². The molecule has 2 aromatic heterocycles. The third-order valence-electron chi connectivity index (χ3n) is 4.41. The number of imidazole rings is 1. The molecule has 0 bridgehead atoms. The third kappa shape index (κ3) is 3.64. The number of aromatic nitrogens is 4. The molecule has 7 heteroatoms. The molecular weight excluding hydrogens is 374 g/mol. The molecule has 0 aliphatic heterocycles. The quantitative estimate of drug-likeness (QED) is 0.505. The maximum absolute atomic E-state index is 6.13. The van der Waals surface area contributed by atoms with Crippen LogP contribution in [0.25, 0.3) is 22.2 Å². The summed E-state index contributed by atoms with van der Waals surface area (Å²) in [5.41, 5.74) is 2.76. The fraction of sp³-hybridized carbons (Fsp3) is 0.190. The maximum Gasteiger partial charge on any atom is 0.319 e. The molecule has 0 amide bonds. The van der Waals surface area contributed by atoms with Gasteiger partial charge in [0, 0.05) is 43.3 Å². The van der Waals surface area contributed by atoms with Crippen molar-refractivity contribution >= 4 is 28.3 Å². The molecule has 0 saturated heterocycles. The lowest BCUT2D eigenvalue weighted by atomic mass is 10.2. The van der Waals surface area contributed by atoms with Crippen LogP contribution in [0.2, 0.25) is 5.02 Å². The van der Waals surface area contributed by atoms with E-state index in [2.05, 4.69) is 15.0 Å². The van der Waals surface area contributed by atoms with Gasteiger partial charge < -0.3 is 14.2 Å². The van der Waals surface area contributed by atoms with Crippen LogP contribution in [-0.2, 0) is 13.7 Å². The normalized spacial score (nSPS) is 11.0. The summed E-state index contributed by atoms with van der Waals surface area (Å²) in [5, 5.41) is 1.53. The zero-order valence-corrected chi connectivity index (χ0v) is 16.7. The highest BCUT2D eigenvalue weighted by atomic mass is 35.5. The van der Waals surface area contributed by atoms with Crippen LogP contribution in [0.3, 0.4) is 0 Å². The lowest BCUT2D eigenvalue weighted by molar-refractivity contribution is 0.269. The summed E-state index contributed by atoms with van der Waals surface area (Å²) in [6, 6.07) is 15.9. The minimum atomic E-state index is 0.273. The number of rotatable bonds is 5. The smallest absolute Gasteiger partial charge is 0.319 e. The average Bonchev–Trinajstić information content (AvgIpc) is 3.07. The highest BCUT2D eigenvalue weighted by molar-refractivity contribution is 6.31. The van der Waals surface area contributed by atoms with Crippen molar-refractivity contribution in [1.29, 1.82) is 0 Å². The standard InChI is InChI=1S/C21H20ClN5O/c1-26(2)20-16-11-15(22)9-10-17(16)24-21(25-20)28-13-19-23-18(12-27(19)3)14-7-5-4-6-8-14/h4-12H,13H2,1-3H3. The van der Waals surface area contributed by atoms with Crippen LogP contribution in [0, 0.1) is 0 Å². The second-order valence-corrected chi connectivity index (χ2v) is 7.13. The lowest BCUT2D eigenvalue weighted by Crippen LogP contribution is -2.13. The van der Waals surface area contributed by atoms with Gasteiger partial charge in [0.15, 0.2) is 0 Å². The molecule has 2 aromatic carbocycles. The number of ether oxygens (including phenoxy) is 1. The van der Waals surface area contributed by atoms with Gasteiger partial charge in [-0.25, -0.2) is 4.98 Å². The summed E-state index contributed by atoms with van der Waals surface area (Å²) < 4.78 is 7.84. The number of hydrogen-bond donors (Lipinski definition) is 0. The topological polar surface area (TPSA) is 56.1 Å². The van der Waals surface area contributed by atoms with E-state index in [0.717, 1.165) is 33.8 Å². The van der Waals surface area contributed by atoms with Crippen LogP contribution >= 0.6 is 11.6 Å². The first kappa shape index (κ1) is 18.3. The van der Waals surface area contributed by atoms with Crippen molar-refractivity contribution in [3.63, 3.8) is 0 Å². The van der Waals surface area contributed by atoms with E-state index in [1.54, 1.807) is 0 Å². The van der Waals surface area contributed by atoms with E-state index >= 15 is 0 Å². The van der Waals surface area contributed by atoms with Crippen molar-refractivity contribution < 1.29 is 4.74 Å². The molecule has 0 saturated carbocycles. The van der Waals surface area contributed by atoms with Gasteiger partial charge in [0.1, 0.15) is 18.2 Å². The largest absolute Gasteiger partial charge is 0.455 e. The monoisotopic (exact) mass is 393 g/mol. The molecule has 0 unspecified atom stereocenters. The molecular formula is C21H20ClN5O. The van der Waals surface area contributed by atoms with Gasteiger partial charge in [-0.1, -0.05) is 41.9 Å². The summed E-state index contributed by atoms with van der Waals surface area (Å²) in [7, 11) is 5.81. The molecule has 0 atom stereocenters. The number of benzene rings is 2. The molecule has 0 fully saturated rings. The van der Waals surface area contributed by atoms with Gasteiger partial charge in [0.05, 0.1) is 11.2 Å². The van der Waals surface area contributed by atoms with E-state index in [1.807, 2.05) is 85.3 Å². The Morgan fingerprint density at radius 2 is 1.82 bits per heavy atom. The van der Waals surface area contributed by atoms with Crippen molar-refractivity contribution in [1.82, 2.24) is 19.5 Å². The second kappa shape index (κ2) is 7.48. The predicted octanol–water partition coefficient (Wildman–Crippen LogP) is 4.33. The van der Waals surface area contributed by atoms with Gasteiger partial charge >= 0.3 is 6.01 Å². The summed E-state index contributed by atoms with van der Waals surface area (Å²) in [5.74, 6) is 1.55. The Labute approximate surface area is 168 Å². The Bertz CT molecular complexity index is 1120. The molecule has 2 heterocycles. The van der Waals surface area contributed by atoms with Gasteiger partial charge in [-0.3, -0.25) is 0 Å². The maximum atomic E-state index is 6.13. The first-order valence-corrected chi connectivity index (χ1v) is 9.24. The fourth-order valence-electron chi connectivity index (χ4n) is 2.99. The number of anilines is 1. The van der Waals surface area contributed by atoms with E-state index in [9.17, 15) is 0 Å². The number of aryl methyl sites for hydroxylation is 1. The first-order chi connectivity index (χ1) is 13.5. The van der Waals surface area contributed by atoms with Crippen molar-refractivity contribution in [3.05, 3.63) is 65.6 Å². The zero-order chi connectivity index (χ0) is 19.7. The van der Waals surface area contributed by atoms with Crippen LogP contribution in [-0.4, -0.2) is 33.6 Å². The fourth-order valence-corrected chi connectivity index (χ4v) is 3.16. The summed E-state index contributed by atoms with van der Waals surface area (Å²) in [6.45, 7) is 0.273. The van der Waals surface area contributed by atoms with Gasteiger partial charge in [-0.05, 0) is 18.2 Å². The highest BCUT2D eigenvalue weighted by Gasteiger charge is 2.13. The number of fused-ring (bicyclic) bond motifs is 1. The van der Waals surface area contributed by atoms with Gasteiger partial charge in [0.2, 0.25) is 0 Å². The molecule has 0 spiro atoms. The third-order valence-corrected chi connectivity index (χ3v) is 4.65. The average molecular weight is 394 g/mol. The SMILES string of the molecule is CN(C)c1nc(OCc2nc(-c3ccccc3)cn2C)nc2ccc(Cl)cc12. The zero-order valence-electron chi connectivity index (χ0n) is 15.9. The molecule has 4 aromatic rings. The van der Waals surface area contributed by atoms with Gasteiger partial charge in [-0.2, -0.15) is 9.97 Å². The molecule has 4 rings (SSSR count). The molecule has 0 radical (unpaired) electrons. The van der Waals surface area contributed by atoms with E-state index in [-0.39, 0.29) is 6.61 Å². The Balaban J connectivity index is 1.61. The number of halogens is 1. The Morgan fingerprint density at radius 3 is 2.57 bits per heavy atom. The first-order valence-electron chi connectivity index (χ1n) is 8.86. The second-order valence-electron chi connectivity index (χ2n) is 6.69. The summed E-state index contributed by atoms with van der Waals surface area (Å²) in [4.78, 5) is 15.7. The van der Waals surface area contributed by atoms with Crippen LogP contribution < -0.4 is 9.64 Å². The van der Waals surface area contributed by atoms with Crippen molar-refractivity contribution in [2.24, 2.45) is 7.05 Å². The Hall–Kier alpha value is -3.12. The van der Waals surface area contributed by atoms with E-state index in [4.69, 9.17) is 16.3 Å². The molecule has 0 aliphatic rings. The molecule has 0 N–H and O–H groups in total. The van der Waals surface area contributed by atoms with Crippen LogP contribution in [0.4, 0.5) is 5.82 Å². The van der Waals surface area contributed by atoms with Crippen molar-refractivity contribution in [2.45, 2.75) is 6.61 Å². The number of hydrogen-bond acceptors (Lipinski definition) is 5. The van der Waals surface area contributed by atoms with Crippen molar-refractivity contribution in [3.8, 4) is 17.3 Å². The predicted molar refractivity (Wildman–Crippen MR) is 112 cm³/mol. The van der Waals surface area contributed by atoms with E-state index in [0.29, 0.717) is 11.0 Å². The molecule has 0 aliphatic carbocycles. The van der Waals surface area contributed by atoms with Gasteiger partial charge in [-0.15, -0.1) is 0 Å². The van der Waals surface area contributed by atoms with E-state index in [1.165, 1.54) is 0 Å². The Kier molecular flexibility index (Phi) is 4.88. The Morgan fingerprint density at radius 1 is 1.04 bits per heavy atom. The molecule has 28 heavy (non-hydrogen) atoms. The molecule has 6 nitrogen and oxygen atoms in total. The van der Waals surface area contributed by atoms with Crippen LogP contribution in [0.15, 0.2) is 54.7 Å². The minimum Gasteiger partial charge on any atom is -0.455 e. The van der Waals surface area contributed by atoms with Crippen LogP contribution in [0.1, 0.15) is 5.82 Å². The number of nitrogens with zero attached hydrogens (tertiary/aromatic N) is 5.